The lowest BCUT2D eigenvalue weighted by molar-refractivity contribution is -0.140. The molecule has 0 aliphatic carbocycles. The normalized spacial score (nSPS) is 17.6. The Hall–Kier alpha value is -4.53. The maximum absolute atomic E-state index is 13.3. The number of methoxy groups -OCH3 is 1. The lowest BCUT2D eigenvalue weighted by atomic mass is 9.96. The summed E-state index contributed by atoms with van der Waals surface area (Å²) in [6.07, 6.45) is 3.20. The van der Waals surface area contributed by atoms with Crippen molar-refractivity contribution in [2.75, 3.05) is 7.11 Å². The monoisotopic (exact) mass is 459 g/mol. The van der Waals surface area contributed by atoms with Gasteiger partial charge in [0.2, 0.25) is 0 Å². The molecule has 1 fully saturated rings. The number of carbonyl (C=O) groups is 2. The number of phenols is 1. The average Bonchev–Trinajstić information content (AvgIpc) is 3.52. The average molecular weight is 459 g/mol. The van der Waals surface area contributed by atoms with Gasteiger partial charge in [-0.15, -0.1) is 0 Å². The number of phenolic OH excluding ortho intramolecular Hbond substituents is 1. The van der Waals surface area contributed by atoms with Crippen LogP contribution in [0.25, 0.3) is 11.4 Å². The molecular weight excluding hydrogens is 438 g/mol. The summed E-state index contributed by atoms with van der Waals surface area (Å²) in [5.74, 6) is -1.39. The van der Waals surface area contributed by atoms with Crippen molar-refractivity contribution in [2.45, 2.75) is 19.5 Å². The van der Waals surface area contributed by atoms with E-state index in [4.69, 9.17) is 9.15 Å². The molecule has 0 radical (unpaired) electrons. The highest BCUT2D eigenvalue weighted by atomic mass is 16.5. The fourth-order valence-corrected chi connectivity index (χ4v) is 4.35. The molecule has 4 heterocycles. The highest BCUT2D eigenvalue weighted by molar-refractivity contribution is 6.46. The zero-order valence-electron chi connectivity index (χ0n) is 18.4. The number of carbonyl (C=O) groups excluding carboxylic acids is 2. The lowest BCUT2D eigenvalue weighted by Crippen LogP contribution is -2.29. The maximum atomic E-state index is 13.3. The van der Waals surface area contributed by atoms with Crippen LogP contribution in [-0.4, -0.2) is 43.3 Å². The third-order valence-electron chi connectivity index (χ3n) is 5.89. The number of hydrogen-bond acceptors (Lipinski definition) is 7. The summed E-state index contributed by atoms with van der Waals surface area (Å²) in [4.78, 5) is 32.2. The summed E-state index contributed by atoms with van der Waals surface area (Å²) in [6, 6.07) is 12.3. The van der Waals surface area contributed by atoms with Crippen LogP contribution in [0.15, 0.2) is 71.0 Å². The third-order valence-corrected chi connectivity index (χ3v) is 5.89. The van der Waals surface area contributed by atoms with Crippen LogP contribution in [0.4, 0.5) is 0 Å². The quantitative estimate of drug-likeness (QED) is 0.266. The number of ether oxygens (including phenoxy) is 1. The van der Waals surface area contributed by atoms with Gasteiger partial charge < -0.3 is 24.3 Å². The molecule has 0 spiro atoms. The predicted molar refractivity (Wildman–Crippen MR) is 121 cm³/mol. The molecule has 5 rings (SSSR count). The molecule has 4 aromatic rings. The zero-order chi connectivity index (χ0) is 24.0. The Bertz CT molecular complexity index is 1450. The number of amides is 1. The highest BCUT2D eigenvalue weighted by Crippen LogP contribution is 2.42. The minimum Gasteiger partial charge on any atom is -0.505 e. The molecule has 172 valence electrons. The second-order valence-corrected chi connectivity index (χ2v) is 7.91. The molecule has 0 saturated carbocycles. The topological polar surface area (TPSA) is 118 Å². The minimum atomic E-state index is -0.951. The first-order chi connectivity index (χ1) is 16.4. The molecule has 1 aliphatic rings. The Balaban J connectivity index is 1.74. The summed E-state index contributed by atoms with van der Waals surface area (Å²) in [5.41, 5.74) is 1.81. The number of likely N-dealkylation sites (tertiary alicyclic amines) is 1. The number of furan rings is 1. The van der Waals surface area contributed by atoms with Gasteiger partial charge in [-0.3, -0.25) is 14.0 Å². The van der Waals surface area contributed by atoms with Gasteiger partial charge in [-0.1, -0.05) is 12.1 Å². The number of aromatic hydroxyl groups is 1. The maximum Gasteiger partial charge on any atom is 0.296 e. The Labute approximate surface area is 194 Å². The van der Waals surface area contributed by atoms with Gasteiger partial charge in [0.05, 0.1) is 37.2 Å². The van der Waals surface area contributed by atoms with Crippen LogP contribution in [0, 0.1) is 6.92 Å². The van der Waals surface area contributed by atoms with Gasteiger partial charge in [-0.05, 0) is 48.9 Å². The molecule has 2 N–H and O–H groups in total. The van der Waals surface area contributed by atoms with E-state index in [-0.39, 0.29) is 29.4 Å². The number of Topliss-reactive ketones (excluding diaryl/α,β-unsaturated/α-hetero) is 1. The number of aromatic nitrogens is 2. The van der Waals surface area contributed by atoms with E-state index in [9.17, 15) is 19.8 Å². The van der Waals surface area contributed by atoms with Crippen LogP contribution in [0.3, 0.4) is 0 Å². The van der Waals surface area contributed by atoms with E-state index < -0.39 is 17.7 Å². The Morgan fingerprint density at radius 1 is 1.18 bits per heavy atom. The van der Waals surface area contributed by atoms with E-state index in [1.54, 1.807) is 47.9 Å². The summed E-state index contributed by atoms with van der Waals surface area (Å²) in [6.45, 7) is 1.73. The molecule has 1 saturated heterocycles. The van der Waals surface area contributed by atoms with Gasteiger partial charge in [0.25, 0.3) is 11.7 Å². The molecule has 1 atom stereocenters. The summed E-state index contributed by atoms with van der Waals surface area (Å²) >= 11 is 0. The molecule has 1 amide bonds. The first-order valence-corrected chi connectivity index (χ1v) is 10.5. The van der Waals surface area contributed by atoms with E-state index in [0.29, 0.717) is 28.4 Å². The smallest absolute Gasteiger partial charge is 0.296 e. The number of pyridine rings is 1. The first kappa shape index (κ1) is 21.3. The largest absolute Gasteiger partial charge is 0.505 e. The molecule has 0 bridgehead atoms. The standard InChI is InChI=1S/C25H21N3O6/c1-14-21(27-10-4-3-7-19(27)26-14)23(30)20-22(15-8-9-17(29)18(12-15)33-2)28(25(32)24(20)31)13-16-6-5-11-34-16/h3-12,22,29-30H,13H2,1-2H3/b23-20+. The molecule has 34 heavy (non-hydrogen) atoms. The number of aryl methyl sites for hydroxylation is 1. The van der Waals surface area contributed by atoms with E-state index in [1.807, 2.05) is 6.07 Å². The second kappa shape index (κ2) is 8.11. The van der Waals surface area contributed by atoms with E-state index >= 15 is 0 Å². The summed E-state index contributed by atoms with van der Waals surface area (Å²) < 4.78 is 12.3. The number of benzene rings is 1. The van der Waals surface area contributed by atoms with Gasteiger partial charge >= 0.3 is 0 Å². The van der Waals surface area contributed by atoms with Gasteiger partial charge in [-0.25, -0.2) is 4.98 Å². The highest BCUT2D eigenvalue weighted by Gasteiger charge is 2.47. The number of rotatable bonds is 5. The number of aliphatic hydroxyl groups is 1. The molecular formula is C25H21N3O6. The minimum absolute atomic E-state index is 0.00828. The van der Waals surface area contributed by atoms with Crippen molar-refractivity contribution in [3.8, 4) is 11.5 Å². The number of aliphatic hydroxyl groups excluding tert-OH is 1. The molecule has 3 aromatic heterocycles. The van der Waals surface area contributed by atoms with Crippen LogP contribution in [-0.2, 0) is 16.1 Å². The van der Waals surface area contributed by atoms with Crippen molar-refractivity contribution in [3.05, 3.63) is 89.3 Å². The van der Waals surface area contributed by atoms with Crippen molar-refractivity contribution in [2.24, 2.45) is 0 Å². The fourth-order valence-electron chi connectivity index (χ4n) is 4.35. The third kappa shape index (κ3) is 3.29. The zero-order valence-corrected chi connectivity index (χ0v) is 18.4. The summed E-state index contributed by atoms with van der Waals surface area (Å²) in [5, 5.41) is 21.5. The second-order valence-electron chi connectivity index (χ2n) is 7.91. The van der Waals surface area contributed by atoms with Crippen LogP contribution in [0.5, 0.6) is 11.5 Å². The van der Waals surface area contributed by atoms with Crippen molar-refractivity contribution < 1.29 is 29.0 Å². The number of ketones is 1. The SMILES string of the molecule is COc1cc(C2/C(=C(\O)c3c(C)nc4ccccn34)C(=O)C(=O)N2Cc2ccco2)ccc1O. The van der Waals surface area contributed by atoms with Crippen molar-refractivity contribution in [3.63, 3.8) is 0 Å². The van der Waals surface area contributed by atoms with Crippen LogP contribution >= 0.6 is 0 Å². The number of imidazole rings is 1. The van der Waals surface area contributed by atoms with Crippen molar-refractivity contribution >= 4 is 23.1 Å². The van der Waals surface area contributed by atoms with Gasteiger partial charge in [0.15, 0.2) is 17.3 Å². The van der Waals surface area contributed by atoms with Crippen molar-refractivity contribution in [1.82, 2.24) is 14.3 Å². The molecule has 1 aliphatic heterocycles. The van der Waals surface area contributed by atoms with Crippen LogP contribution in [0.1, 0.15) is 28.8 Å². The van der Waals surface area contributed by atoms with Crippen LogP contribution < -0.4 is 4.74 Å². The Morgan fingerprint density at radius 3 is 2.74 bits per heavy atom. The molecule has 1 unspecified atom stereocenters. The number of nitrogens with zero attached hydrogens (tertiary/aromatic N) is 3. The van der Waals surface area contributed by atoms with Gasteiger partial charge in [0.1, 0.15) is 17.1 Å². The van der Waals surface area contributed by atoms with E-state index in [0.717, 1.165) is 0 Å². The van der Waals surface area contributed by atoms with Gasteiger partial charge in [-0.2, -0.15) is 0 Å². The molecule has 9 heteroatoms. The van der Waals surface area contributed by atoms with Crippen molar-refractivity contribution in [1.29, 1.82) is 0 Å². The molecule has 1 aromatic carbocycles. The number of hydrogen-bond donors (Lipinski definition) is 2. The first-order valence-electron chi connectivity index (χ1n) is 10.5. The summed E-state index contributed by atoms with van der Waals surface area (Å²) in [7, 11) is 1.40. The lowest BCUT2D eigenvalue weighted by Gasteiger charge is -2.25. The van der Waals surface area contributed by atoms with Gasteiger partial charge in [0, 0.05) is 6.20 Å². The fraction of sp³-hybridized carbons (Fsp3) is 0.160. The van der Waals surface area contributed by atoms with E-state index in [1.165, 1.54) is 30.4 Å². The van der Waals surface area contributed by atoms with Crippen LogP contribution in [0.2, 0.25) is 0 Å². The number of fused-ring (bicyclic) bond motifs is 1. The van der Waals surface area contributed by atoms with E-state index in [2.05, 4.69) is 4.98 Å². The molecule has 9 nitrogen and oxygen atoms in total. The predicted octanol–water partition coefficient (Wildman–Crippen LogP) is 3.57. The Morgan fingerprint density at radius 2 is 2.00 bits per heavy atom. The Kier molecular flexibility index (Phi) is 5.09.